The Balaban J connectivity index is 2.10. The minimum absolute atomic E-state index is 0.256. The maximum atomic E-state index is 6.52. The summed E-state index contributed by atoms with van der Waals surface area (Å²) in [5.74, 6) is 0. The van der Waals surface area contributed by atoms with Gasteiger partial charge in [0.1, 0.15) is 0 Å². The molecule has 0 saturated carbocycles. The van der Waals surface area contributed by atoms with Crippen LogP contribution in [0.15, 0.2) is 30.5 Å². The lowest BCUT2D eigenvalue weighted by molar-refractivity contribution is 0.202. The zero-order chi connectivity index (χ0) is 21.2. The predicted molar refractivity (Wildman–Crippen MR) is 127 cm³/mol. The van der Waals surface area contributed by atoms with Crippen LogP contribution in [0, 0.1) is 0 Å². The van der Waals surface area contributed by atoms with Crippen molar-refractivity contribution in [3.8, 4) is 0 Å². The molecule has 0 saturated heterocycles. The molecule has 2 unspecified atom stereocenters. The van der Waals surface area contributed by atoms with Crippen molar-refractivity contribution in [2.45, 2.75) is 65.5 Å². The second kappa shape index (κ2) is 12.5. The normalized spacial score (nSPS) is 14.1. The van der Waals surface area contributed by atoms with Crippen LogP contribution in [0.3, 0.4) is 0 Å². The Hall–Kier alpha value is -1.20. The quantitative estimate of drug-likeness (QED) is 0.466. The molecule has 0 aliphatic heterocycles. The Morgan fingerprint density at radius 2 is 1.69 bits per heavy atom. The highest BCUT2D eigenvalue weighted by Crippen LogP contribution is 2.32. The number of halogens is 1. The van der Waals surface area contributed by atoms with Gasteiger partial charge in [0, 0.05) is 28.7 Å². The molecule has 1 heterocycles. The third-order valence-electron chi connectivity index (χ3n) is 6.11. The molecule has 1 aromatic carbocycles. The van der Waals surface area contributed by atoms with E-state index in [9.17, 15) is 0 Å². The molecule has 29 heavy (non-hydrogen) atoms. The first-order valence-corrected chi connectivity index (χ1v) is 11.7. The number of benzene rings is 1. The summed E-state index contributed by atoms with van der Waals surface area (Å²) in [6.45, 7) is 14.4. The van der Waals surface area contributed by atoms with Gasteiger partial charge in [-0.2, -0.15) is 0 Å². The van der Waals surface area contributed by atoms with Crippen molar-refractivity contribution in [2.24, 2.45) is 5.73 Å². The minimum atomic E-state index is 0.256. The van der Waals surface area contributed by atoms with Gasteiger partial charge in [-0.1, -0.05) is 45.4 Å². The van der Waals surface area contributed by atoms with Gasteiger partial charge in [0.05, 0.1) is 5.52 Å². The number of hydrogen-bond donors (Lipinski definition) is 1. The van der Waals surface area contributed by atoms with Crippen molar-refractivity contribution in [3.63, 3.8) is 0 Å². The molecular formula is C24H39ClN4. The number of aromatic nitrogens is 1. The van der Waals surface area contributed by atoms with E-state index in [4.69, 9.17) is 17.3 Å². The van der Waals surface area contributed by atoms with Crippen LogP contribution in [0.1, 0.15) is 65.0 Å². The van der Waals surface area contributed by atoms with Crippen molar-refractivity contribution in [2.75, 3.05) is 32.7 Å². The van der Waals surface area contributed by atoms with Gasteiger partial charge < -0.3 is 10.6 Å². The Bertz CT molecular complexity index is 728. The van der Waals surface area contributed by atoms with E-state index in [1.165, 1.54) is 17.4 Å². The van der Waals surface area contributed by atoms with Crippen molar-refractivity contribution in [1.29, 1.82) is 0 Å². The lowest BCUT2D eigenvalue weighted by Crippen LogP contribution is -2.31. The number of rotatable bonds is 13. The molecule has 0 aliphatic rings. The minimum Gasteiger partial charge on any atom is -0.328 e. The molecule has 0 spiro atoms. The van der Waals surface area contributed by atoms with E-state index in [2.05, 4.69) is 54.6 Å². The first-order chi connectivity index (χ1) is 14.0. The Morgan fingerprint density at radius 3 is 2.34 bits per heavy atom. The number of nitrogens with zero attached hydrogens (tertiary/aromatic N) is 3. The van der Waals surface area contributed by atoms with Gasteiger partial charge in [-0.25, -0.2) is 0 Å². The third kappa shape index (κ3) is 6.92. The number of fused-ring (bicyclic) bond motifs is 1. The lowest BCUT2D eigenvalue weighted by atomic mass is 9.94. The monoisotopic (exact) mass is 418 g/mol. The molecule has 0 fully saturated rings. The summed E-state index contributed by atoms with van der Waals surface area (Å²) >= 11 is 6.19. The van der Waals surface area contributed by atoms with E-state index < -0.39 is 0 Å². The first kappa shape index (κ1) is 24.1. The molecule has 2 rings (SSSR count). The summed E-state index contributed by atoms with van der Waals surface area (Å²) < 4.78 is 0. The van der Waals surface area contributed by atoms with E-state index in [1.54, 1.807) is 0 Å². The number of hydrogen-bond acceptors (Lipinski definition) is 4. The summed E-state index contributed by atoms with van der Waals surface area (Å²) in [5.41, 5.74) is 8.82. The molecule has 4 nitrogen and oxygen atoms in total. The van der Waals surface area contributed by atoms with Gasteiger partial charge in [-0.3, -0.25) is 9.88 Å². The van der Waals surface area contributed by atoms with Crippen LogP contribution in [0.25, 0.3) is 10.9 Å². The van der Waals surface area contributed by atoms with Crippen LogP contribution >= 0.6 is 11.6 Å². The average Bonchev–Trinajstić information content (AvgIpc) is 2.73. The summed E-state index contributed by atoms with van der Waals surface area (Å²) in [5, 5.41) is 1.93. The smallest absolute Gasteiger partial charge is 0.0720 e. The standard InChI is InChI=1S/C24H39ClN4/c1-5-28(6-2)17-9-10-20(26)12-14-24(29(7-3)8-4)22-15-16-27-23-18-19(25)11-13-21(22)23/h11,13,15-16,18,20,24H,5-10,12,14,17,26H2,1-4H3. The Kier molecular flexibility index (Phi) is 10.4. The molecule has 5 heteroatoms. The largest absolute Gasteiger partial charge is 0.328 e. The van der Waals surface area contributed by atoms with Gasteiger partial charge in [-0.15, -0.1) is 0 Å². The topological polar surface area (TPSA) is 45.4 Å². The molecule has 0 aliphatic carbocycles. The molecule has 0 radical (unpaired) electrons. The Morgan fingerprint density at radius 1 is 0.966 bits per heavy atom. The predicted octanol–water partition coefficient (Wildman–Crippen LogP) is 5.50. The van der Waals surface area contributed by atoms with E-state index in [0.717, 1.165) is 62.5 Å². The molecule has 2 atom stereocenters. The summed E-state index contributed by atoms with van der Waals surface area (Å²) in [6.07, 6.45) is 6.28. The molecule has 0 amide bonds. The summed E-state index contributed by atoms with van der Waals surface area (Å²) in [6, 6.07) is 8.81. The fourth-order valence-corrected chi connectivity index (χ4v) is 4.43. The van der Waals surface area contributed by atoms with E-state index >= 15 is 0 Å². The zero-order valence-corrected chi connectivity index (χ0v) is 19.5. The van der Waals surface area contributed by atoms with Crippen LogP contribution < -0.4 is 5.73 Å². The second-order valence-corrected chi connectivity index (χ2v) is 8.24. The van der Waals surface area contributed by atoms with Gasteiger partial charge in [0.15, 0.2) is 0 Å². The van der Waals surface area contributed by atoms with Crippen molar-refractivity contribution < 1.29 is 0 Å². The van der Waals surface area contributed by atoms with E-state index in [-0.39, 0.29) is 6.04 Å². The van der Waals surface area contributed by atoms with E-state index in [0.29, 0.717) is 6.04 Å². The number of nitrogens with two attached hydrogens (primary N) is 1. The third-order valence-corrected chi connectivity index (χ3v) is 6.34. The fraction of sp³-hybridized carbons (Fsp3) is 0.625. The molecule has 0 bridgehead atoms. The highest BCUT2D eigenvalue weighted by atomic mass is 35.5. The zero-order valence-electron chi connectivity index (χ0n) is 18.7. The van der Waals surface area contributed by atoms with Crippen molar-refractivity contribution >= 4 is 22.5 Å². The summed E-state index contributed by atoms with van der Waals surface area (Å²) in [4.78, 5) is 9.54. The maximum Gasteiger partial charge on any atom is 0.0720 e. The molecule has 162 valence electrons. The van der Waals surface area contributed by atoms with Crippen LogP contribution in [0.4, 0.5) is 0 Å². The first-order valence-electron chi connectivity index (χ1n) is 11.3. The van der Waals surface area contributed by atoms with Gasteiger partial charge in [0.2, 0.25) is 0 Å². The lowest BCUT2D eigenvalue weighted by Gasteiger charge is -2.32. The second-order valence-electron chi connectivity index (χ2n) is 7.81. The molecule has 1 aromatic heterocycles. The van der Waals surface area contributed by atoms with E-state index in [1.807, 2.05) is 18.3 Å². The van der Waals surface area contributed by atoms with Gasteiger partial charge >= 0.3 is 0 Å². The van der Waals surface area contributed by atoms with Crippen LogP contribution in [0.5, 0.6) is 0 Å². The van der Waals surface area contributed by atoms with Crippen LogP contribution in [-0.4, -0.2) is 53.5 Å². The SMILES string of the molecule is CCN(CC)CCCC(N)CCC(c1ccnc2cc(Cl)ccc12)N(CC)CC. The highest BCUT2D eigenvalue weighted by molar-refractivity contribution is 6.31. The maximum absolute atomic E-state index is 6.52. The van der Waals surface area contributed by atoms with Crippen molar-refractivity contribution in [3.05, 3.63) is 41.0 Å². The molecular weight excluding hydrogens is 380 g/mol. The molecule has 2 aromatic rings. The average molecular weight is 419 g/mol. The fourth-order valence-electron chi connectivity index (χ4n) is 4.27. The van der Waals surface area contributed by atoms with Gasteiger partial charge in [-0.05, 0) is 82.2 Å². The highest BCUT2D eigenvalue weighted by Gasteiger charge is 2.21. The van der Waals surface area contributed by atoms with Crippen molar-refractivity contribution in [1.82, 2.24) is 14.8 Å². The summed E-state index contributed by atoms with van der Waals surface area (Å²) in [7, 11) is 0. The van der Waals surface area contributed by atoms with Crippen LogP contribution in [0.2, 0.25) is 5.02 Å². The van der Waals surface area contributed by atoms with Crippen LogP contribution in [-0.2, 0) is 0 Å². The Labute approximate surface area is 182 Å². The molecule has 2 N–H and O–H groups in total. The number of pyridine rings is 1. The van der Waals surface area contributed by atoms with Gasteiger partial charge in [0.25, 0.3) is 0 Å².